The molecule has 156 valence electrons. The van der Waals surface area contributed by atoms with Crippen molar-refractivity contribution >= 4 is 34.2 Å². The second-order valence-electron chi connectivity index (χ2n) is 7.72. The van der Waals surface area contributed by atoms with Gasteiger partial charge in [0, 0.05) is 17.0 Å². The number of thiophene rings is 1. The van der Waals surface area contributed by atoms with Crippen molar-refractivity contribution in [2.45, 2.75) is 45.8 Å². The van der Waals surface area contributed by atoms with Crippen LogP contribution in [0.5, 0.6) is 0 Å². The normalized spacial score (nSPS) is 12.6. The van der Waals surface area contributed by atoms with Crippen LogP contribution in [0.1, 0.15) is 43.6 Å². The molecule has 0 aliphatic rings. The second kappa shape index (κ2) is 8.62. The van der Waals surface area contributed by atoms with Gasteiger partial charge in [-0.3, -0.25) is 19.8 Å². The number of aliphatic carboxylic acids is 1. The van der Waals surface area contributed by atoms with Crippen LogP contribution in [-0.4, -0.2) is 39.5 Å². The zero-order valence-electron chi connectivity index (χ0n) is 16.9. The summed E-state index contributed by atoms with van der Waals surface area (Å²) in [4.78, 5) is 37.0. The standard InChI is InChI=1S/C20H26N4O4S/c1-11(18(26)27)24(20(2,3)4)10-12-6-5-7-13(8-12)15-9-14(16(21)25)17(29-15)23-19(22)28/h5-9,11H,10H2,1-4H3,(H2,21,25)(H,26,27)(H3,22,23,28)/t11-/m0/s1. The third kappa shape index (κ3) is 5.55. The fourth-order valence-corrected chi connectivity index (χ4v) is 4.09. The number of carboxylic acid groups (broad SMARTS) is 1. The molecular formula is C20H26N4O4S. The van der Waals surface area contributed by atoms with E-state index in [1.165, 1.54) is 11.3 Å². The molecule has 0 unspecified atom stereocenters. The first-order chi connectivity index (χ1) is 13.4. The quantitative estimate of drug-likeness (QED) is 0.547. The second-order valence-corrected chi connectivity index (χ2v) is 8.77. The van der Waals surface area contributed by atoms with Gasteiger partial charge in [-0.1, -0.05) is 18.2 Å². The molecule has 0 spiro atoms. The number of nitrogens with zero attached hydrogens (tertiary/aromatic N) is 1. The Balaban J connectivity index is 2.39. The van der Waals surface area contributed by atoms with Crippen LogP contribution in [0.15, 0.2) is 30.3 Å². The average molecular weight is 419 g/mol. The van der Waals surface area contributed by atoms with Gasteiger partial charge in [-0.2, -0.15) is 0 Å². The summed E-state index contributed by atoms with van der Waals surface area (Å²) in [6, 6.07) is 7.75. The summed E-state index contributed by atoms with van der Waals surface area (Å²) in [6.45, 7) is 8.01. The minimum absolute atomic E-state index is 0.185. The van der Waals surface area contributed by atoms with Crippen LogP contribution in [0, 0.1) is 0 Å². The number of anilines is 1. The molecule has 0 saturated heterocycles. The Kier molecular flexibility index (Phi) is 6.66. The molecule has 0 saturated carbocycles. The lowest BCUT2D eigenvalue weighted by Crippen LogP contribution is -2.49. The van der Waals surface area contributed by atoms with Crippen molar-refractivity contribution in [3.05, 3.63) is 41.5 Å². The van der Waals surface area contributed by atoms with Crippen LogP contribution in [0.3, 0.4) is 0 Å². The topological polar surface area (TPSA) is 139 Å². The van der Waals surface area contributed by atoms with E-state index >= 15 is 0 Å². The van der Waals surface area contributed by atoms with E-state index in [0.717, 1.165) is 16.0 Å². The molecule has 2 aromatic rings. The Morgan fingerprint density at radius 1 is 1.21 bits per heavy atom. The van der Waals surface area contributed by atoms with Gasteiger partial charge in [0.25, 0.3) is 5.91 Å². The number of amides is 3. The van der Waals surface area contributed by atoms with Crippen molar-refractivity contribution < 1.29 is 19.5 Å². The van der Waals surface area contributed by atoms with Gasteiger partial charge in [-0.15, -0.1) is 11.3 Å². The maximum Gasteiger partial charge on any atom is 0.320 e. The molecule has 29 heavy (non-hydrogen) atoms. The number of benzene rings is 1. The zero-order chi connectivity index (χ0) is 21.9. The number of nitrogens with two attached hydrogens (primary N) is 2. The number of carbonyl (C=O) groups is 3. The van der Waals surface area contributed by atoms with Crippen LogP contribution in [0.4, 0.5) is 9.80 Å². The number of primary amides is 2. The van der Waals surface area contributed by atoms with Crippen LogP contribution < -0.4 is 16.8 Å². The summed E-state index contributed by atoms with van der Waals surface area (Å²) in [5.74, 6) is -1.55. The maximum absolute atomic E-state index is 11.7. The molecule has 0 aliphatic heterocycles. The molecule has 2 rings (SSSR count). The molecule has 0 aliphatic carbocycles. The first-order valence-corrected chi connectivity index (χ1v) is 9.80. The van der Waals surface area contributed by atoms with E-state index in [9.17, 15) is 19.5 Å². The zero-order valence-corrected chi connectivity index (χ0v) is 17.7. The van der Waals surface area contributed by atoms with E-state index < -0.39 is 23.9 Å². The molecule has 9 heteroatoms. The number of carbonyl (C=O) groups excluding carboxylic acids is 2. The van der Waals surface area contributed by atoms with E-state index in [1.54, 1.807) is 13.0 Å². The van der Waals surface area contributed by atoms with E-state index in [1.807, 2.05) is 49.9 Å². The van der Waals surface area contributed by atoms with Crippen LogP contribution in [0.2, 0.25) is 0 Å². The number of hydrogen-bond donors (Lipinski definition) is 4. The van der Waals surface area contributed by atoms with Gasteiger partial charge >= 0.3 is 12.0 Å². The highest BCUT2D eigenvalue weighted by atomic mass is 32.1. The highest BCUT2D eigenvalue weighted by molar-refractivity contribution is 7.20. The van der Waals surface area contributed by atoms with E-state index in [-0.39, 0.29) is 11.1 Å². The molecule has 0 radical (unpaired) electrons. The molecule has 8 nitrogen and oxygen atoms in total. The third-order valence-corrected chi connectivity index (χ3v) is 5.58. The number of nitrogens with one attached hydrogen (secondary N) is 1. The first-order valence-electron chi connectivity index (χ1n) is 8.99. The van der Waals surface area contributed by atoms with E-state index in [0.29, 0.717) is 11.5 Å². The van der Waals surface area contributed by atoms with Crippen molar-refractivity contribution in [3.8, 4) is 10.4 Å². The molecule has 0 fully saturated rings. The summed E-state index contributed by atoms with van der Waals surface area (Å²) in [7, 11) is 0. The van der Waals surface area contributed by atoms with Gasteiger partial charge in [-0.05, 0) is 51.0 Å². The number of hydrogen-bond acceptors (Lipinski definition) is 5. The number of carboxylic acids is 1. The van der Waals surface area contributed by atoms with E-state index in [4.69, 9.17) is 11.5 Å². The van der Waals surface area contributed by atoms with Gasteiger partial charge < -0.3 is 16.6 Å². The predicted molar refractivity (Wildman–Crippen MR) is 114 cm³/mol. The summed E-state index contributed by atoms with van der Waals surface area (Å²) < 4.78 is 0. The lowest BCUT2D eigenvalue weighted by molar-refractivity contribution is -0.145. The molecule has 1 atom stereocenters. The predicted octanol–water partition coefficient (Wildman–Crippen LogP) is 3.08. The Bertz CT molecular complexity index is 933. The molecule has 6 N–H and O–H groups in total. The lowest BCUT2D eigenvalue weighted by Gasteiger charge is -2.38. The Hall–Kier alpha value is -2.91. The molecule has 1 aromatic heterocycles. The van der Waals surface area contributed by atoms with Crippen LogP contribution >= 0.6 is 11.3 Å². The lowest BCUT2D eigenvalue weighted by atomic mass is 10.0. The van der Waals surface area contributed by atoms with Crippen molar-refractivity contribution in [2.24, 2.45) is 11.5 Å². The van der Waals surface area contributed by atoms with Gasteiger partial charge in [0.2, 0.25) is 0 Å². The number of rotatable bonds is 7. The van der Waals surface area contributed by atoms with Crippen LogP contribution in [0.25, 0.3) is 10.4 Å². The molecule has 1 heterocycles. The summed E-state index contributed by atoms with van der Waals surface area (Å²) >= 11 is 1.19. The van der Waals surface area contributed by atoms with Crippen molar-refractivity contribution in [3.63, 3.8) is 0 Å². The van der Waals surface area contributed by atoms with Gasteiger partial charge in [0.05, 0.1) is 5.56 Å². The fraction of sp³-hybridized carbons (Fsp3) is 0.350. The van der Waals surface area contributed by atoms with Gasteiger partial charge in [0.1, 0.15) is 11.0 Å². The smallest absolute Gasteiger partial charge is 0.320 e. The molecule has 1 aromatic carbocycles. The van der Waals surface area contributed by atoms with Crippen molar-refractivity contribution in [1.29, 1.82) is 0 Å². The van der Waals surface area contributed by atoms with Crippen molar-refractivity contribution in [1.82, 2.24) is 4.90 Å². The maximum atomic E-state index is 11.7. The Morgan fingerprint density at radius 2 is 1.86 bits per heavy atom. The van der Waals surface area contributed by atoms with Crippen molar-refractivity contribution in [2.75, 3.05) is 5.32 Å². The van der Waals surface area contributed by atoms with Gasteiger partial charge in [-0.25, -0.2) is 4.79 Å². The largest absolute Gasteiger partial charge is 0.480 e. The first kappa shape index (κ1) is 22.4. The third-order valence-electron chi connectivity index (χ3n) is 4.49. The number of urea groups is 1. The molecular weight excluding hydrogens is 392 g/mol. The highest BCUT2D eigenvalue weighted by Gasteiger charge is 2.30. The minimum atomic E-state index is -0.886. The summed E-state index contributed by atoms with van der Waals surface area (Å²) in [5, 5.41) is 12.2. The molecule has 3 amide bonds. The average Bonchev–Trinajstić information content (AvgIpc) is 3.01. The molecule has 0 bridgehead atoms. The van der Waals surface area contributed by atoms with Gasteiger partial charge in [0.15, 0.2) is 0 Å². The summed E-state index contributed by atoms with van der Waals surface area (Å²) in [6.07, 6.45) is 0. The fourth-order valence-electron chi connectivity index (χ4n) is 3.03. The Labute approximate surface area is 173 Å². The summed E-state index contributed by atoms with van der Waals surface area (Å²) in [5.41, 5.74) is 12.1. The SMILES string of the molecule is C[C@@H](C(=O)O)N(Cc1cccc(-c2cc(C(N)=O)c(NC(N)=O)s2)c1)C(C)(C)C. The highest BCUT2D eigenvalue weighted by Crippen LogP contribution is 2.36. The van der Waals surface area contributed by atoms with Crippen LogP contribution in [-0.2, 0) is 11.3 Å². The Morgan fingerprint density at radius 3 is 2.38 bits per heavy atom. The van der Waals surface area contributed by atoms with E-state index in [2.05, 4.69) is 5.32 Å². The minimum Gasteiger partial charge on any atom is -0.480 e. The monoisotopic (exact) mass is 418 g/mol.